The third-order valence-electron chi connectivity index (χ3n) is 4.93. The number of methoxy groups -OCH3 is 1. The zero-order chi connectivity index (χ0) is 22.7. The fraction of sp³-hybridized carbons (Fsp3) is 0.167. The van der Waals surface area contributed by atoms with E-state index in [0.717, 1.165) is 26.5 Å². The van der Waals surface area contributed by atoms with Crippen molar-refractivity contribution in [1.29, 1.82) is 0 Å². The maximum absolute atomic E-state index is 12.5. The van der Waals surface area contributed by atoms with E-state index in [1.165, 1.54) is 25.4 Å². The molecule has 0 fully saturated rings. The minimum atomic E-state index is -0.311. The van der Waals surface area contributed by atoms with E-state index in [2.05, 4.69) is 15.3 Å². The molecule has 0 saturated heterocycles. The van der Waals surface area contributed by atoms with Crippen molar-refractivity contribution in [3.05, 3.63) is 65.9 Å². The Labute approximate surface area is 189 Å². The van der Waals surface area contributed by atoms with Gasteiger partial charge in [-0.05, 0) is 55.8 Å². The molecule has 4 aromatic rings. The summed E-state index contributed by atoms with van der Waals surface area (Å²) < 4.78 is 10.9. The molecule has 0 spiro atoms. The lowest BCUT2D eigenvalue weighted by Crippen LogP contribution is -2.21. The second-order valence-electron chi connectivity index (χ2n) is 7.08. The molecular formula is C24H21N3O4S. The smallest absolute Gasteiger partial charge is 0.262 e. The topological polar surface area (TPSA) is 90.4 Å². The Balaban J connectivity index is 1.48. The predicted octanol–water partition coefficient (Wildman–Crippen LogP) is 4.90. The number of benzene rings is 2. The molecule has 0 atom stereocenters. The monoisotopic (exact) mass is 447 g/mol. The lowest BCUT2D eigenvalue weighted by molar-refractivity contribution is -0.118. The van der Waals surface area contributed by atoms with Crippen molar-refractivity contribution < 1.29 is 19.1 Å². The molecule has 8 heteroatoms. The van der Waals surface area contributed by atoms with Gasteiger partial charge in [-0.3, -0.25) is 9.59 Å². The number of anilines is 1. The van der Waals surface area contributed by atoms with Crippen LogP contribution in [0.4, 0.5) is 5.69 Å². The molecule has 0 saturated carbocycles. The van der Waals surface area contributed by atoms with Gasteiger partial charge >= 0.3 is 0 Å². The summed E-state index contributed by atoms with van der Waals surface area (Å²) in [6.07, 6.45) is 1.75. The van der Waals surface area contributed by atoms with Gasteiger partial charge in [0.2, 0.25) is 0 Å². The summed E-state index contributed by atoms with van der Waals surface area (Å²) >= 11 is 1.51. The van der Waals surface area contributed by atoms with Crippen molar-refractivity contribution in [2.45, 2.75) is 13.8 Å². The highest BCUT2D eigenvalue weighted by Gasteiger charge is 2.14. The summed E-state index contributed by atoms with van der Waals surface area (Å²) in [5, 5.41) is 3.74. The van der Waals surface area contributed by atoms with Gasteiger partial charge in [0.15, 0.2) is 23.9 Å². The SMILES string of the molecule is COc1cc(C(C)=O)ccc1OCC(=O)Nc1cccc(-c2nc3cccnc3s2)c1C. The van der Waals surface area contributed by atoms with Crippen LogP contribution in [0.1, 0.15) is 22.8 Å². The number of thiazole rings is 1. The lowest BCUT2D eigenvalue weighted by Gasteiger charge is -2.13. The summed E-state index contributed by atoms with van der Waals surface area (Å²) in [7, 11) is 1.48. The lowest BCUT2D eigenvalue weighted by atomic mass is 10.1. The fourth-order valence-corrected chi connectivity index (χ4v) is 4.21. The van der Waals surface area contributed by atoms with Gasteiger partial charge in [0.1, 0.15) is 15.4 Å². The van der Waals surface area contributed by atoms with Gasteiger partial charge in [-0.1, -0.05) is 23.5 Å². The molecule has 0 radical (unpaired) electrons. The van der Waals surface area contributed by atoms with E-state index in [0.29, 0.717) is 22.7 Å². The summed E-state index contributed by atoms with van der Waals surface area (Å²) in [6.45, 7) is 3.21. The Bertz CT molecular complexity index is 1280. The van der Waals surface area contributed by atoms with Crippen LogP contribution in [0.5, 0.6) is 11.5 Å². The minimum absolute atomic E-state index is 0.0770. The molecule has 0 bridgehead atoms. The van der Waals surface area contributed by atoms with Crippen molar-refractivity contribution in [1.82, 2.24) is 9.97 Å². The third kappa shape index (κ3) is 4.45. The van der Waals surface area contributed by atoms with E-state index in [1.807, 2.05) is 37.3 Å². The number of amides is 1. The first-order chi connectivity index (χ1) is 15.5. The van der Waals surface area contributed by atoms with E-state index in [9.17, 15) is 9.59 Å². The number of pyridine rings is 1. The van der Waals surface area contributed by atoms with E-state index in [4.69, 9.17) is 9.47 Å². The van der Waals surface area contributed by atoms with Gasteiger partial charge in [-0.25, -0.2) is 9.97 Å². The molecule has 2 aromatic heterocycles. The normalized spacial score (nSPS) is 10.7. The molecule has 32 heavy (non-hydrogen) atoms. The highest BCUT2D eigenvalue weighted by atomic mass is 32.1. The summed E-state index contributed by atoms with van der Waals surface area (Å²) in [5.74, 6) is 0.397. The molecule has 0 aliphatic rings. The number of aromatic nitrogens is 2. The maximum Gasteiger partial charge on any atom is 0.262 e. The maximum atomic E-state index is 12.5. The highest BCUT2D eigenvalue weighted by Crippen LogP contribution is 2.34. The number of carbonyl (C=O) groups excluding carboxylic acids is 2. The van der Waals surface area contributed by atoms with E-state index in [-0.39, 0.29) is 18.3 Å². The van der Waals surface area contributed by atoms with Crippen LogP contribution in [0.2, 0.25) is 0 Å². The zero-order valence-corrected chi connectivity index (χ0v) is 18.7. The van der Waals surface area contributed by atoms with Gasteiger partial charge in [0, 0.05) is 23.0 Å². The Morgan fingerprint density at radius 3 is 2.69 bits per heavy atom. The number of nitrogens with zero attached hydrogens (tertiary/aromatic N) is 2. The van der Waals surface area contributed by atoms with Gasteiger partial charge in [0.05, 0.1) is 7.11 Å². The average molecular weight is 448 g/mol. The number of nitrogens with one attached hydrogen (secondary N) is 1. The summed E-state index contributed by atoms with van der Waals surface area (Å²) in [6, 6.07) is 14.3. The molecule has 4 rings (SSSR count). The van der Waals surface area contributed by atoms with Crippen LogP contribution >= 0.6 is 11.3 Å². The van der Waals surface area contributed by atoms with Crippen molar-refractivity contribution in [2.75, 3.05) is 19.0 Å². The van der Waals surface area contributed by atoms with Crippen molar-refractivity contribution in [3.63, 3.8) is 0 Å². The third-order valence-corrected chi connectivity index (χ3v) is 5.95. The summed E-state index contributed by atoms with van der Waals surface area (Å²) in [4.78, 5) is 34.0. The van der Waals surface area contributed by atoms with E-state index >= 15 is 0 Å². The van der Waals surface area contributed by atoms with Gasteiger partial charge in [0.25, 0.3) is 5.91 Å². The standard InChI is InChI=1S/C24H21N3O4S/c1-14-17(23-27-19-8-5-11-25-24(19)32-23)6-4-7-18(14)26-22(29)13-31-20-10-9-16(15(2)28)12-21(20)30-3/h4-12H,13H2,1-3H3,(H,26,29). The minimum Gasteiger partial charge on any atom is -0.493 e. The predicted molar refractivity (Wildman–Crippen MR) is 125 cm³/mol. The van der Waals surface area contributed by atoms with E-state index < -0.39 is 0 Å². The van der Waals surface area contributed by atoms with Crippen LogP contribution in [0.25, 0.3) is 20.9 Å². The second-order valence-corrected chi connectivity index (χ2v) is 8.06. The van der Waals surface area contributed by atoms with Crippen LogP contribution in [0, 0.1) is 6.92 Å². The number of Topliss-reactive ketones (excluding diaryl/α,β-unsaturated/α-hetero) is 1. The molecule has 0 aliphatic carbocycles. The Morgan fingerprint density at radius 2 is 1.94 bits per heavy atom. The van der Waals surface area contributed by atoms with Gasteiger partial charge < -0.3 is 14.8 Å². The highest BCUT2D eigenvalue weighted by molar-refractivity contribution is 7.21. The quantitative estimate of drug-likeness (QED) is 0.406. The van der Waals surface area contributed by atoms with Crippen LogP contribution < -0.4 is 14.8 Å². The second kappa shape index (κ2) is 9.15. The summed E-state index contributed by atoms with van der Waals surface area (Å²) in [5.41, 5.74) is 3.88. The molecule has 1 amide bonds. The van der Waals surface area contributed by atoms with Crippen LogP contribution in [0.15, 0.2) is 54.7 Å². The average Bonchev–Trinajstić information content (AvgIpc) is 3.23. The van der Waals surface area contributed by atoms with Crippen LogP contribution in [0.3, 0.4) is 0 Å². The molecule has 0 aliphatic heterocycles. The largest absolute Gasteiger partial charge is 0.493 e. The number of hydrogen-bond acceptors (Lipinski definition) is 7. The number of hydrogen-bond donors (Lipinski definition) is 1. The first kappa shape index (κ1) is 21.5. The number of carbonyl (C=O) groups is 2. The first-order valence-corrected chi connectivity index (χ1v) is 10.7. The molecule has 1 N–H and O–H groups in total. The Kier molecular flexibility index (Phi) is 6.13. The van der Waals surface area contributed by atoms with E-state index in [1.54, 1.807) is 24.4 Å². The Morgan fingerprint density at radius 1 is 1.09 bits per heavy atom. The van der Waals surface area contributed by atoms with Crippen molar-refractivity contribution in [2.24, 2.45) is 0 Å². The van der Waals surface area contributed by atoms with Crippen molar-refractivity contribution >= 4 is 39.1 Å². The molecule has 7 nitrogen and oxygen atoms in total. The van der Waals surface area contributed by atoms with Crippen LogP contribution in [-0.2, 0) is 4.79 Å². The number of rotatable bonds is 7. The first-order valence-electron chi connectivity index (χ1n) is 9.89. The zero-order valence-electron chi connectivity index (χ0n) is 17.8. The van der Waals surface area contributed by atoms with Crippen LogP contribution in [-0.4, -0.2) is 35.4 Å². The molecule has 0 unspecified atom stereocenters. The molecule has 2 heterocycles. The Hall–Kier alpha value is -3.78. The number of ether oxygens (including phenoxy) is 2. The van der Waals surface area contributed by atoms with Gasteiger partial charge in [-0.2, -0.15) is 0 Å². The molecule has 2 aromatic carbocycles. The van der Waals surface area contributed by atoms with Gasteiger partial charge in [-0.15, -0.1) is 0 Å². The molecule has 162 valence electrons. The number of ketones is 1. The fourth-order valence-electron chi connectivity index (χ4n) is 3.22. The molecular weight excluding hydrogens is 426 g/mol. The van der Waals surface area contributed by atoms with Crippen molar-refractivity contribution in [3.8, 4) is 22.1 Å². The number of fused-ring (bicyclic) bond motifs is 1.